The number of carbonyl (C=O) groups excluding carboxylic acids is 2. The van der Waals surface area contributed by atoms with Crippen LogP contribution in [-0.4, -0.2) is 54.1 Å². The smallest absolute Gasteiger partial charge is 0.222 e. The van der Waals surface area contributed by atoms with Gasteiger partial charge in [0.15, 0.2) is 0 Å². The van der Waals surface area contributed by atoms with Crippen LogP contribution in [0.15, 0.2) is 0 Å². The molecule has 1 rings (SSSR count). The van der Waals surface area contributed by atoms with E-state index in [1.54, 1.807) is 0 Å². The van der Waals surface area contributed by atoms with Crippen LogP contribution in [0.1, 0.15) is 99.3 Å². The predicted molar refractivity (Wildman–Crippen MR) is 118 cm³/mol. The van der Waals surface area contributed by atoms with Gasteiger partial charge in [0.25, 0.3) is 0 Å². The van der Waals surface area contributed by atoms with Crippen molar-refractivity contribution < 1.29 is 19.1 Å². The van der Waals surface area contributed by atoms with E-state index >= 15 is 0 Å². The van der Waals surface area contributed by atoms with Gasteiger partial charge in [0.2, 0.25) is 5.91 Å². The van der Waals surface area contributed by atoms with Crippen LogP contribution in [0.4, 0.5) is 0 Å². The van der Waals surface area contributed by atoms with E-state index in [1.165, 1.54) is 0 Å². The van der Waals surface area contributed by atoms with E-state index < -0.39 is 0 Å². The third-order valence-corrected chi connectivity index (χ3v) is 5.49. The van der Waals surface area contributed by atoms with Crippen LogP contribution in [0, 0.1) is 5.92 Å². The summed E-state index contributed by atoms with van der Waals surface area (Å²) in [7, 11) is 0. The molecule has 1 saturated heterocycles. The van der Waals surface area contributed by atoms with Crippen molar-refractivity contribution in [1.29, 1.82) is 0 Å². The number of amides is 1. The summed E-state index contributed by atoms with van der Waals surface area (Å²) >= 11 is 0. The zero-order valence-electron chi connectivity index (χ0n) is 19.7. The minimum atomic E-state index is 0.119. The normalized spacial score (nSPS) is 19.7. The molecule has 0 bridgehead atoms. The number of hydrogen-bond acceptors (Lipinski definition) is 4. The monoisotopic (exact) mass is 411 g/mol. The number of rotatable bonds is 15. The molecule has 5 heteroatoms. The highest BCUT2D eigenvalue weighted by molar-refractivity contribution is 5.80. The fraction of sp³-hybridized carbons (Fsp3) is 0.917. The molecule has 0 aromatic carbocycles. The second-order valence-corrected chi connectivity index (χ2v) is 9.37. The summed E-state index contributed by atoms with van der Waals surface area (Å²) in [5.74, 6) is 0.767. The van der Waals surface area contributed by atoms with Gasteiger partial charge in [-0.1, -0.05) is 39.5 Å². The zero-order valence-corrected chi connectivity index (χ0v) is 19.7. The molecule has 1 aliphatic rings. The van der Waals surface area contributed by atoms with Gasteiger partial charge in [-0.2, -0.15) is 0 Å². The highest BCUT2D eigenvalue weighted by Gasteiger charge is 2.36. The molecule has 1 fully saturated rings. The molecule has 1 aliphatic heterocycles. The Morgan fingerprint density at radius 2 is 1.45 bits per heavy atom. The standard InChI is InChI=1S/C24H45NO4/c1-18(2)23(26)13-11-9-7-8-10-12-14-24(27)25-16-22(29-20(5)6)15-21(25)17-28-19(3)4/h18-22H,7-17H2,1-6H3/t21-,22+/m0/s1. The first-order valence-electron chi connectivity index (χ1n) is 11.8. The van der Waals surface area contributed by atoms with E-state index in [9.17, 15) is 9.59 Å². The van der Waals surface area contributed by atoms with Crippen LogP contribution in [0.2, 0.25) is 0 Å². The first kappa shape index (κ1) is 26.1. The minimum absolute atomic E-state index is 0.119. The highest BCUT2D eigenvalue weighted by atomic mass is 16.5. The second-order valence-electron chi connectivity index (χ2n) is 9.37. The van der Waals surface area contributed by atoms with E-state index in [0.717, 1.165) is 44.9 Å². The van der Waals surface area contributed by atoms with Crippen LogP contribution in [0.25, 0.3) is 0 Å². The van der Waals surface area contributed by atoms with Crippen LogP contribution >= 0.6 is 0 Å². The topological polar surface area (TPSA) is 55.8 Å². The zero-order chi connectivity index (χ0) is 21.8. The summed E-state index contributed by atoms with van der Waals surface area (Å²) in [6, 6.07) is 0.132. The molecular formula is C24H45NO4. The SMILES string of the molecule is CC(C)OC[C@@H]1C[C@@H](OC(C)C)CN1C(=O)CCCCCCCCC(=O)C(C)C. The molecule has 5 nitrogen and oxygen atoms in total. The first-order valence-corrected chi connectivity index (χ1v) is 11.8. The predicted octanol–water partition coefficient (Wildman–Crippen LogP) is 5.15. The minimum Gasteiger partial charge on any atom is -0.377 e. The highest BCUT2D eigenvalue weighted by Crippen LogP contribution is 2.24. The van der Waals surface area contributed by atoms with Gasteiger partial charge >= 0.3 is 0 Å². The molecule has 0 N–H and O–H groups in total. The van der Waals surface area contributed by atoms with Gasteiger partial charge in [0, 0.05) is 25.3 Å². The van der Waals surface area contributed by atoms with E-state index in [-0.39, 0.29) is 36.2 Å². The van der Waals surface area contributed by atoms with Crippen molar-refractivity contribution in [2.45, 2.75) is 124 Å². The molecule has 0 saturated carbocycles. The maximum atomic E-state index is 12.8. The number of Topliss-reactive ketones (excluding diaryl/α,β-unsaturated/α-hetero) is 1. The summed E-state index contributed by atoms with van der Waals surface area (Å²) < 4.78 is 11.8. The summed E-state index contributed by atoms with van der Waals surface area (Å²) in [5.41, 5.74) is 0. The molecule has 0 aromatic heterocycles. The number of nitrogens with zero attached hydrogens (tertiary/aromatic N) is 1. The Morgan fingerprint density at radius 1 is 0.862 bits per heavy atom. The Bertz CT molecular complexity index is 476. The fourth-order valence-corrected chi connectivity index (χ4v) is 3.84. The number of likely N-dealkylation sites (tertiary alicyclic amines) is 1. The number of carbonyl (C=O) groups is 2. The van der Waals surface area contributed by atoms with E-state index in [2.05, 4.69) is 0 Å². The molecule has 0 spiro atoms. The third-order valence-electron chi connectivity index (χ3n) is 5.49. The van der Waals surface area contributed by atoms with Crippen molar-refractivity contribution in [3.8, 4) is 0 Å². The molecule has 0 aliphatic carbocycles. The first-order chi connectivity index (χ1) is 13.7. The van der Waals surface area contributed by atoms with Gasteiger partial charge in [-0.15, -0.1) is 0 Å². The maximum absolute atomic E-state index is 12.8. The molecule has 29 heavy (non-hydrogen) atoms. The lowest BCUT2D eigenvalue weighted by atomic mass is 10.0. The molecule has 1 amide bonds. The summed E-state index contributed by atoms with van der Waals surface area (Å²) in [5, 5.41) is 0. The number of hydrogen-bond donors (Lipinski definition) is 0. The van der Waals surface area contributed by atoms with E-state index in [0.29, 0.717) is 31.8 Å². The van der Waals surface area contributed by atoms with Crippen molar-refractivity contribution in [3.05, 3.63) is 0 Å². The summed E-state index contributed by atoms with van der Waals surface area (Å²) in [4.78, 5) is 26.4. The van der Waals surface area contributed by atoms with Crippen LogP contribution in [0.3, 0.4) is 0 Å². The van der Waals surface area contributed by atoms with Gasteiger partial charge in [-0.3, -0.25) is 9.59 Å². The summed E-state index contributed by atoms with van der Waals surface area (Å²) in [6.45, 7) is 13.4. The van der Waals surface area contributed by atoms with Crippen molar-refractivity contribution in [2.24, 2.45) is 5.92 Å². The lowest BCUT2D eigenvalue weighted by molar-refractivity contribution is -0.134. The average Bonchev–Trinajstić information content (AvgIpc) is 3.03. The number of ether oxygens (including phenoxy) is 2. The van der Waals surface area contributed by atoms with Crippen LogP contribution < -0.4 is 0 Å². The second kappa shape index (κ2) is 14.1. The maximum Gasteiger partial charge on any atom is 0.222 e. The van der Waals surface area contributed by atoms with Crippen molar-refractivity contribution >= 4 is 11.7 Å². The molecule has 2 atom stereocenters. The Balaban J connectivity index is 2.26. The Kier molecular flexibility index (Phi) is 12.7. The van der Waals surface area contributed by atoms with Gasteiger partial charge in [0.05, 0.1) is 31.0 Å². The van der Waals surface area contributed by atoms with Crippen LogP contribution in [-0.2, 0) is 19.1 Å². The molecule has 0 aromatic rings. The molecular weight excluding hydrogens is 366 g/mol. The lowest BCUT2D eigenvalue weighted by Gasteiger charge is -2.25. The van der Waals surface area contributed by atoms with Crippen molar-refractivity contribution in [2.75, 3.05) is 13.2 Å². The fourth-order valence-electron chi connectivity index (χ4n) is 3.84. The van der Waals surface area contributed by atoms with Gasteiger partial charge < -0.3 is 14.4 Å². The number of ketones is 1. The van der Waals surface area contributed by atoms with Crippen molar-refractivity contribution in [1.82, 2.24) is 4.90 Å². The van der Waals surface area contributed by atoms with Gasteiger partial charge in [-0.05, 0) is 47.0 Å². The Labute approximate surface area is 178 Å². The Hall–Kier alpha value is -0.940. The van der Waals surface area contributed by atoms with Gasteiger partial charge in [-0.25, -0.2) is 0 Å². The van der Waals surface area contributed by atoms with Gasteiger partial charge in [0.1, 0.15) is 5.78 Å². The molecule has 170 valence electrons. The molecule has 0 radical (unpaired) electrons. The molecule has 0 unspecified atom stereocenters. The largest absolute Gasteiger partial charge is 0.377 e. The quantitative estimate of drug-likeness (QED) is 0.350. The van der Waals surface area contributed by atoms with E-state index in [1.807, 2.05) is 46.4 Å². The van der Waals surface area contributed by atoms with Crippen molar-refractivity contribution in [3.63, 3.8) is 0 Å². The van der Waals surface area contributed by atoms with E-state index in [4.69, 9.17) is 9.47 Å². The van der Waals surface area contributed by atoms with Crippen LogP contribution in [0.5, 0.6) is 0 Å². The lowest BCUT2D eigenvalue weighted by Crippen LogP contribution is -2.39. The number of unbranched alkanes of at least 4 members (excludes halogenated alkanes) is 5. The Morgan fingerprint density at radius 3 is 2.00 bits per heavy atom. The average molecular weight is 412 g/mol. The summed E-state index contributed by atoms with van der Waals surface area (Å²) in [6.07, 6.45) is 9.08. The third kappa shape index (κ3) is 11.1. The molecule has 1 heterocycles.